The number of halogens is 3. The molecular weight excluding hydrogens is 389 g/mol. The quantitative estimate of drug-likeness (QED) is 0.637. The van der Waals surface area contributed by atoms with Gasteiger partial charge in [-0.1, -0.05) is 12.1 Å². The van der Waals surface area contributed by atoms with E-state index in [-0.39, 0.29) is 5.69 Å². The number of thiophene rings is 1. The fraction of sp³-hybridized carbons (Fsp3) is 0.316. The van der Waals surface area contributed by atoms with Crippen molar-refractivity contribution in [1.82, 2.24) is 9.97 Å². The van der Waals surface area contributed by atoms with E-state index in [0.29, 0.717) is 15.3 Å². The van der Waals surface area contributed by atoms with Crippen LogP contribution in [0.5, 0.6) is 0 Å². The molecule has 28 heavy (non-hydrogen) atoms. The summed E-state index contributed by atoms with van der Waals surface area (Å²) < 4.78 is 39.6. The number of nitrogens with zero attached hydrogens (tertiary/aromatic N) is 3. The van der Waals surface area contributed by atoms with E-state index < -0.39 is 17.6 Å². The van der Waals surface area contributed by atoms with E-state index in [0.717, 1.165) is 41.7 Å². The Morgan fingerprint density at radius 2 is 1.86 bits per heavy atom. The molecule has 1 N–H and O–H groups in total. The molecule has 0 saturated heterocycles. The molecule has 0 spiro atoms. The van der Waals surface area contributed by atoms with Crippen LogP contribution in [0.1, 0.15) is 34.6 Å². The van der Waals surface area contributed by atoms with Gasteiger partial charge < -0.3 is 10.2 Å². The van der Waals surface area contributed by atoms with Gasteiger partial charge in [0.15, 0.2) is 0 Å². The summed E-state index contributed by atoms with van der Waals surface area (Å²) in [4.78, 5) is 24.4. The molecule has 0 bridgehead atoms. The maximum Gasteiger partial charge on any atom is 0.418 e. The highest BCUT2D eigenvalue weighted by Crippen LogP contribution is 2.37. The van der Waals surface area contributed by atoms with Crippen LogP contribution in [0.15, 0.2) is 30.6 Å². The standard InChI is InChI=1S/C19H19F3N4OS/c1-4-26(5-2)16-14-11(3)15(28-18(14)24-10-23-16)17(27)25-13-9-7-6-8-12(13)19(20,21)22/h6-10H,4-5H2,1-3H3,(H,25,27). The number of nitrogens with one attached hydrogen (secondary N) is 1. The fourth-order valence-electron chi connectivity index (χ4n) is 3.05. The topological polar surface area (TPSA) is 58.1 Å². The summed E-state index contributed by atoms with van der Waals surface area (Å²) in [5.74, 6) is 0.126. The Bertz CT molecular complexity index is 1010. The Morgan fingerprint density at radius 3 is 2.50 bits per heavy atom. The molecule has 0 fully saturated rings. The molecule has 5 nitrogen and oxygen atoms in total. The predicted octanol–water partition coefficient (Wildman–Crippen LogP) is 5.12. The third-order valence-corrected chi connectivity index (χ3v) is 5.66. The molecule has 3 rings (SSSR count). The van der Waals surface area contributed by atoms with Crippen LogP contribution >= 0.6 is 11.3 Å². The third kappa shape index (κ3) is 3.66. The number of hydrogen-bond acceptors (Lipinski definition) is 5. The lowest BCUT2D eigenvalue weighted by molar-refractivity contribution is -0.136. The highest BCUT2D eigenvalue weighted by molar-refractivity contribution is 7.20. The molecule has 148 valence electrons. The van der Waals surface area contributed by atoms with E-state index in [2.05, 4.69) is 15.3 Å². The van der Waals surface area contributed by atoms with E-state index in [1.807, 2.05) is 18.7 Å². The number of fused-ring (bicyclic) bond motifs is 1. The molecule has 3 aromatic rings. The summed E-state index contributed by atoms with van der Waals surface area (Å²) in [6.07, 6.45) is -3.12. The van der Waals surface area contributed by atoms with Gasteiger partial charge in [-0.05, 0) is 38.5 Å². The molecule has 2 aromatic heterocycles. The van der Waals surface area contributed by atoms with Gasteiger partial charge in [-0.25, -0.2) is 9.97 Å². The molecule has 9 heteroatoms. The Morgan fingerprint density at radius 1 is 1.18 bits per heavy atom. The first-order valence-electron chi connectivity index (χ1n) is 8.74. The van der Waals surface area contributed by atoms with Crippen LogP contribution in [-0.4, -0.2) is 29.0 Å². The molecule has 0 aliphatic heterocycles. The van der Waals surface area contributed by atoms with Gasteiger partial charge in [0.25, 0.3) is 5.91 Å². The fourth-order valence-corrected chi connectivity index (χ4v) is 4.09. The number of carbonyl (C=O) groups excluding carboxylic acids is 1. The number of alkyl halides is 3. The zero-order chi connectivity index (χ0) is 20.5. The number of hydrogen-bond donors (Lipinski definition) is 1. The zero-order valence-corrected chi connectivity index (χ0v) is 16.4. The van der Waals surface area contributed by atoms with Crippen molar-refractivity contribution in [1.29, 1.82) is 0 Å². The summed E-state index contributed by atoms with van der Waals surface area (Å²) in [7, 11) is 0. The molecule has 0 unspecified atom stereocenters. The third-order valence-electron chi connectivity index (χ3n) is 4.46. The van der Waals surface area contributed by atoms with Crippen LogP contribution in [0, 0.1) is 6.92 Å². The number of aromatic nitrogens is 2. The van der Waals surface area contributed by atoms with Gasteiger partial charge >= 0.3 is 6.18 Å². The van der Waals surface area contributed by atoms with Crippen LogP contribution in [-0.2, 0) is 6.18 Å². The lowest BCUT2D eigenvalue weighted by Gasteiger charge is -2.20. The Labute approximate surface area is 164 Å². The van der Waals surface area contributed by atoms with E-state index >= 15 is 0 Å². The van der Waals surface area contributed by atoms with Crippen LogP contribution in [0.2, 0.25) is 0 Å². The molecular formula is C19H19F3N4OS. The minimum Gasteiger partial charge on any atom is -0.357 e. The first-order valence-corrected chi connectivity index (χ1v) is 9.56. The largest absolute Gasteiger partial charge is 0.418 e. The lowest BCUT2D eigenvalue weighted by atomic mass is 10.1. The molecule has 0 aliphatic carbocycles. The van der Waals surface area contributed by atoms with Gasteiger partial charge in [0, 0.05) is 13.1 Å². The molecule has 0 atom stereocenters. The van der Waals surface area contributed by atoms with Gasteiger partial charge in [0.05, 0.1) is 21.5 Å². The number of anilines is 2. The van der Waals surface area contributed by atoms with E-state index in [9.17, 15) is 18.0 Å². The molecule has 2 heterocycles. The molecule has 0 aliphatic rings. The van der Waals surface area contributed by atoms with Gasteiger partial charge in [0.2, 0.25) is 0 Å². The Kier molecular flexibility index (Phi) is 5.55. The number of rotatable bonds is 5. The van der Waals surface area contributed by atoms with Gasteiger partial charge in [-0.15, -0.1) is 11.3 Å². The van der Waals surface area contributed by atoms with Crippen molar-refractivity contribution in [2.24, 2.45) is 0 Å². The van der Waals surface area contributed by atoms with Crippen molar-refractivity contribution in [3.8, 4) is 0 Å². The van der Waals surface area contributed by atoms with Gasteiger partial charge in [0.1, 0.15) is 17.0 Å². The molecule has 0 radical (unpaired) electrons. The van der Waals surface area contributed by atoms with Crippen LogP contribution in [0.4, 0.5) is 24.7 Å². The summed E-state index contributed by atoms with van der Waals surface area (Å²) in [6.45, 7) is 7.23. The average Bonchev–Trinajstić information content (AvgIpc) is 3.00. The van der Waals surface area contributed by atoms with Crippen LogP contribution < -0.4 is 10.2 Å². The normalized spacial score (nSPS) is 11.6. The highest BCUT2D eigenvalue weighted by Gasteiger charge is 2.34. The molecule has 1 amide bonds. The zero-order valence-electron chi connectivity index (χ0n) is 15.6. The van der Waals surface area contributed by atoms with Crippen LogP contribution in [0.3, 0.4) is 0 Å². The monoisotopic (exact) mass is 408 g/mol. The second-order valence-electron chi connectivity index (χ2n) is 6.10. The van der Waals surface area contributed by atoms with E-state index in [1.165, 1.54) is 24.5 Å². The number of para-hydroxylation sites is 1. The highest BCUT2D eigenvalue weighted by atomic mass is 32.1. The van der Waals surface area contributed by atoms with Crippen molar-refractivity contribution in [2.45, 2.75) is 26.9 Å². The first kappa shape index (κ1) is 20.1. The minimum absolute atomic E-state index is 0.271. The summed E-state index contributed by atoms with van der Waals surface area (Å²) >= 11 is 1.15. The SMILES string of the molecule is CCN(CC)c1ncnc2sc(C(=O)Nc3ccccc3C(F)(F)F)c(C)c12. The Hall–Kier alpha value is -2.68. The predicted molar refractivity (Wildman–Crippen MR) is 105 cm³/mol. The number of amides is 1. The number of benzene rings is 1. The molecule has 0 saturated carbocycles. The molecule has 1 aromatic carbocycles. The summed E-state index contributed by atoms with van der Waals surface area (Å²) in [5.41, 5.74) is -0.498. The summed E-state index contributed by atoms with van der Waals surface area (Å²) in [6, 6.07) is 4.92. The lowest BCUT2D eigenvalue weighted by Crippen LogP contribution is -2.23. The number of carbonyl (C=O) groups is 1. The summed E-state index contributed by atoms with van der Waals surface area (Å²) in [5, 5.41) is 3.16. The van der Waals surface area contributed by atoms with Crippen molar-refractivity contribution in [3.05, 3.63) is 46.6 Å². The number of aryl methyl sites for hydroxylation is 1. The second kappa shape index (κ2) is 7.75. The average molecular weight is 408 g/mol. The minimum atomic E-state index is -4.56. The Balaban J connectivity index is 2.03. The van der Waals surface area contributed by atoms with Crippen molar-refractivity contribution < 1.29 is 18.0 Å². The van der Waals surface area contributed by atoms with Gasteiger partial charge in [-0.2, -0.15) is 13.2 Å². The maximum absolute atomic E-state index is 13.2. The van der Waals surface area contributed by atoms with E-state index in [1.54, 1.807) is 6.92 Å². The van der Waals surface area contributed by atoms with Crippen LogP contribution in [0.25, 0.3) is 10.2 Å². The second-order valence-corrected chi connectivity index (χ2v) is 7.10. The van der Waals surface area contributed by atoms with Crippen molar-refractivity contribution in [2.75, 3.05) is 23.3 Å². The first-order chi connectivity index (χ1) is 13.3. The smallest absolute Gasteiger partial charge is 0.357 e. The van der Waals surface area contributed by atoms with E-state index in [4.69, 9.17) is 0 Å². The maximum atomic E-state index is 13.2. The van der Waals surface area contributed by atoms with Gasteiger partial charge in [-0.3, -0.25) is 4.79 Å². The van der Waals surface area contributed by atoms with Crippen molar-refractivity contribution >= 4 is 39.0 Å². The van der Waals surface area contributed by atoms with Crippen molar-refractivity contribution in [3.63, 3.8) is 0 Å².